The summed E-state index contributed by atoms with van der Waals surface area (Å²) in [5.41, 5.74) is 7.40. The first-order valence-electron chi connectivity index (χ1n) is 10.7. The van der Waals surface area contributed by atoms with Gasteiger partial charge in [0.1, 0.15) is 0 Å². The minimum Gasteiger partial charge on any atom is -0.369 e. The number of rotatable bonds is 6. The number of nitrogens with one attached hydrogen (secondary N) is 1. The van der Waals surface area contributed by atoms with E-state index in [2.05, 4.69) is 33.4 Å². The molecule has 1 spiro atoms. The number of amides is 2. The number of halogens is 1. The number of carbonyl (C=O) groups is 2. The minimum atomic E-state index is -0.799. The molecular formula is C26H25BrN2O2. The van der Waals surface area contributed by atoms with Gasteiger partial charge in [0.05, 0.1) is 5.41 Å². The first-order valence-corrected chi connectivity index (χ1v) is 11.5. The summed E-state index contributed by atoms with van der Waals surface area (Å²) < 4.78 is 0.964. The van der Waals surface area contributed by atoms with Crippen LogP contribution in [0.4, 0.5) is 0 Å². The number of primary amides is 1. The Bertz CT molecular complexity index is 1070. The molecule has 3 N–H and O–H groups in total. The molecule has 0 heterocycles. The molecular weight excluding hydrogens is 452 g/mol. The van der Waals surface area contributed by atoms with Gasteiger partial charge in [-0.25, -0.2) is 0 Å². The zero-order valence-electron chi connectivity index (χ0n) is 17.1. The van der Waals surface area contributed by atoms with Crippen molar-refractivity contribution < 1.29 is 9.59 Å². The Kier molecular flexibility index (Phi) is 4.89. The molecule has 2 amide bonds. The van der Waals surface area contributed by atoms with Crippen LogP contribution < -0.4 is 11.1 Å². The number of nitrogens with two attached hydrogens (primary N) is 1. The van der Waals surface area contributed by atoms with E-state index in [0.29, 0.717) is 6.54 Å². The van der Waals surface area contributed by atoms with Crippen LogP contribution in [0.2, 0.25) is 0 Å². The van der Waals surface area contributed by atoms with E-state index < -0.39 is 5.41 Å². The summed E-state index contributed by atoms with van der Waals surface area (Å²) in [5, 5.41) is 3.06. The van der Waals surface area contributed by atoms with Crippen molar-refractivity contribution in [2.75, 3.05) is 6.54 Å². The monoisotopic (exact) mass is 476 g/mol. The maximum Gasteiger partial charge on any atom is 0.244 e. The van der Waals surface area contributed by atoms with Crippen molar-refractivity contribution in [1.29, 1.82) is 0 Å². The van der Waals surface area contributed by atoms with Crippen LogP contribution in [0.1, 0.15) is 24.0 Å². The zero-order valence-corrected chi connectivity index (χ0v) is 18.7. The molecule has 0 aliphatic heterocycles. The fourth-order valence-electron chi connectivity index (χ4n) is 6.16. The van der Waals surface area contributed by atoms with Gasteiger partial charge in [0, 0.05) is 28.9 Å². The number of benzene rings is 2. The van der Waals surface area contributed by atoms with Gasteiger partial charge in [0.15, 0.2) is 0 Å². The Balaban J connectivity index is 1.44. The lowest BCUT2D eigenvalue weighted by Gasteiger charge is -2.40. The standard InChI is InChI=1S/C26H25BrN2O2/c27-19-9-7-18(8-10-19)26(24(28)31)21(20-11-12-22(26)25(20)14-15-25)16-29-23(30)13-6-17-4-2-1-3-5-17/h1-13,20-22H,14-16H2,(H2,28,31)(H,29,30)/t20-,21-,22+,26+/m1/s1. The summed E-state index contributed by atoms with van der Waals surface area (Å²) in [6, 6.07) is 17.7. The van der Waals surface area contributed by atoms with Crippen LogP contribution >= 0.6 is 15.9 Å². The number of allylic oxidation sites excluding steroid dienone is 2. The summed E-state index contributed by atoms with van der Waals surface area (Å²) in [6.45, 7) is 0.421. The highest BCUT2D eigenvalue weighted by Crippen LogP contribution is 2.75. The Hall–Kier alpha value is -2.66. The van der Waals surface area contributed by atoms with Crippen molar-refractivity contribution in [3.63, 3.8) is 0 Å². The molecule has 0 saturated heterocycles. The Morgan fingerprint density at radius 3 is 2.42 bits per heavy atom. The van der Waals surface area contributed by atoms with Crippen LogP contribution in [0.5, 0.6) is 0 Å². The topological polar surface area (TPSA) is 72.2 Å². The molecule has 4 nitrogen and oxygen atoms in total. The van der Waals surface area contributed by atoms with Gasteiger partial charge in [-0.1, -0.05) is 70.5 Å². The Labute approximate surface area is 190 Å². The predicted octanol–water partition coefficient (Wildman–Crippen LogP) is 4.21. The summed E-state index contributed by atoms with van der Waals surface area (Å²) in [4.78, 5) is 25.7. The number of hydrogen-bond acceptors (Lipinski definition) is 2. The Morgan fingerprint density at radius 1 is 1.06 bits per heavy atom. The number of carbonyl (C=O) groups excluding carboxylic acids is 2. The van der Waals surface area contributed by atoms with E-state index in [0.717, 1.165) is 28.4 Å². The van der Waals surface area contributed by atoms with Gasteiger partial charge < -0.3 is 11.1 Å². The molecule has 2 fully saturated rings. The maximum atomic E-state index is 13.1. The van der Waals surface area contributed by atoms with Gasteiger partial charge in [-0.2, -0.15) is 0 Å². The van der Waals surface area contributed by atoms with E-state index in [1.807, 2.05) is 54.6 Å². The first-order chi connectivity index (χ1) is 15.0. The fourth-order valence-corrected chi connectivity index (χ4v) is 6.42. The quantitative estimate of drug-likeness (QED) is 0.483. The van der Waals surface area contributed by atoms with Crippen LogP contribution in [-0.4, -0.2) is 18.4 Å². The lowest BCUT2D eigenvalue weighted by molar-refractivity contribution is -0.127. The van der Waals surface area contributed by atoms with E-state index >= 15 is 0 Å². The third kappa shape index (κ3) is 3.09. The minimum absolute atomic E-state index is 0.0576. The van der Waals surface area contributed by atoms with Crippen LogP contribution in [0.15, 0.2) is 77.3 Å². The maximum absolute atomic E-state index is 13.1. The second kappa shape index (κ2) is 7.49. The molecule has 3 aliphatic rings. The van der Waals surface area contributed by atoms with Gasteiger partial charge in [-0.15, -0.1) is 0 Å². The molecule has 2 bridgehead atoms. The fraction of sp³-hybridized carbons (Fsp3) is 0.308. The van der Waals surface area contributed by atoms with Crippen molar-refractivity contribution in [3.05, 3.63) is 88.4 Å². The molecule has 3 aliphatic carbocycles. The molecule has 2 saturated carbocycles. The first kappa shape index (κ1) is 20.3. The van der Waals surface area contributed by atoms with Crippen LogP contribution in [0.25, 0.3) is 6.08 Å². The molecule has 5 rings (SSSR count). The van der Waals surface area contributed by atoms with Crippen LogP contribution in [0, 0.1) is 23.2 Å². The second-order valence-corrected chi connectivity index (χ2v) is 9.87. The van der Waals surface area contributed by atoms with Gasteiger partial charge >= 0.3 is 0 Å². The summed E-state index contributed by atoms with van der Waals surface area (Å²) in [6.07, 6.45) is 10.0. The molecule has 31 heavy (non-hydrogen) atoms. The van der Waals surface area contributed by atoms with Crippen molar-refractivity contribution >= 4 is 33.8 Å². The van der Waals surface area contributed by atoms with E-state index in [9.17, 15) is 9.59 Å². The highest BCUT2D eigenvalue weighted by molar-refractivity contribution is 9.10. The molecule has 2 aromatic rings. The highest BCUT2D eigenvalue weighted by Gasteiger charge is 2.74. The summed E-state index contributed by atoms with van der Waals surface area (Å²) >= 11 is 3.49. The average Bonchev–Trinajstić information content (AvgIpc) is 3.44. The second-order valence-electron chi connectivity index (χ2n) is 8.96. The van der Waals surface area contributed by atoms with Crippen molar-refractivity contribution in [1.82, 2.24) is 5.32 Å². The van der Waals surface area contributed by atoms with E-state index in [4.69, 9.17) is 5.73 Å². The van der Waals surface area contributed by atoms with Gasteiger partial charge in [-0.05, 0) is 53.5 Å². The van der Waals surface area contributed by atoms with E-state index in [-0.39, 0.29) is 35.0 Å². The Morgan fingerprint density at radius 2 is 1.77 bits per heavy atom. The van der Waals surface area contributed by atoms with Crippen LogP contribution in [-0.2, 0) is 15.0 Å². The lowest BCUT2D eigenvalue weighted by Crippen LogP contribution is -2.53. The third-order valence-corrected chi connectivity index (χ3v) is 8.11. The van der Waals surface area contributed by atoms with Crippen molar-refractivity contribution in [2.45, 2.75) is 18.3 Å². The third-order valence-electron chi connectivity index (χ3n) is 7.58. The lowest BCUT2D eigenvalue weighted by atomic mass is 9.63. The normalized spacial score (nSPS) is 29.5. The highest BCUT2D eigenvalue weighted by atomic mass is 79.9. The molecule has 0 unspecified atom stereocenters. The predicted molar refractivity (Wildman–Crippen MR) is 125 cm³/mol. The average molecular weight is 477 g/mol. The molecule has 0 aromatic heterocycles. The largest absolute Gasteiger partial charge is 0.369 e. The molecule has 2 aromatic carbocycles. The van der Waals surface area contributed by atoms with Crippen LogP contribution in [0.3, 0.4) is 0 Å². The van der Waals surface area contributed by atoms with Gasteiger partial charge in [0.25, 0.3) is 0 Å². The molecule has 158 valence electrons. The van der Waals surface area contributed by atoms with Crippen molar-refractivity contribution in [3.8, 4) is 0 Å². The van der Waals surface area contributed by atoms with Crippen molar-refractivity contribution in [2.24, 2.45) is 28.9 Å². The SMILES string of the molecule is NC(=O)[C@@]1(c2ccc(Br)cc2)[C@H](CNC(=O)C=Cc2ccccc2)[C@H]2C=C[C@H]1C21CC1. The summed E-state index contributed by atoms with van der Waals surface area (Å²) in [5.74, 6) is -0.165. The zero-order chi connectivity index (χ0) is 21.6. The summed E-state index contributed by atoms with van der Waals surface area (Å²) in [7, 11) is 0. The smallest absolute Gasteiger partial charge is 0.244 e. The van der Waals surface area contributed by atoms with E-state index in [1.54, 1.807) is 12.2 Å². The van der Waals surface area contributed by atoms with Gasteiger partial charge in [-0.3, -0.25) is 9.59 Å². The van der Waals surface area contributed by atoms with Gasteiger partial charge in [0.2, 0.25) is 11.8 Å². The number of hydrogen-bond donors (Lipinski definition) is 2. The van der Waals surface area contributed by atoms with E-state index in [1.165, 1.54) is 0 Å². The molecule has 4 atom stereocenters. The molecule has 5 heteroatoms. The molecule has 0 radical (unpaired) electrons.